The van der Waals surface area contributed by atoms with Gasteiger partial charge in [0.25, 0.3) is 0 Å². The maximum absolute atomic E-state index is 5.65. The minimum Gasteiger partial charge on any atom is -0.375 e. The molecule has 0 radical (unpaired) electrons. The number of aromatic nitrogens is 2. The predicted molar refractivity (Wildman–Crippen MR) is 69.9 cm³/mol. The lowest BCUT2D eigenvalue weighted by atomic mass is 10.2. The highest BCUT2D eigenvalue weighted by Crippen LogP contribution is 2.30. The fourth-order valence-electron chi connectivity index (χ4n) is 1.34. The van der Waals surface area contributed by atoms with Crippen molar-refractivity contribution in [1.29, 1.82) is 0 Å². The number of nitrogens with two attached hydrogens (primary N) is 1. The van der Waals surface area contributed by atoms with E-state index in [1.54, 1.807) is 17.5 Å². The van der Waals surface area contributed by atoms with E-state index in [0.717, 1.165) is 17.9 Å². The SMILES string of the molecule is Cc1nc(N)sc1SCCc1cccnc1. The lowest BCUT2D eigenvalue weighted by Gasteiger charge is -1.99. The molecule has 2 aromatic rings. The third-order valence-electron chi connectivity index (χ3n) is 2.12. The number of thioether (sulfide) groups is 1. The van der Waals surface area contributed by atoms with Crippen molar-refractivity contribution in [1.82, 2.24) is 9.97 Å². The third-order valence-corrected chi connectivity index (χ3v) is 4.47. The predicted octanol–water partition coefficient (Wildman–Crippen LogP) is 2.76. The van der Waals surface area contributed by atoms with Gasteiger partial charge in [0.1, 0.15) is 0 Å². The number of nitrogens with zero attached hydrogens (tertiary/aromatic N) is 2. The summed E-state index contributed by atoms with van der Waals surface area (Å²) in [6.07, 6.45) is 4.73. The molecule has 2 rings (SSSR count). The van der Waals surface area contributed by atoms with Gasteiger partial charge in [0.2, 0.25) is 0 Å². The largest absolute Gasteiger partial charge is 0.375 e. The molecule has 0 aliphatic carbocycles. The summed E-state index contributed by atoms with van der Waals surface area (Å²) in [6.45, 7) is 2.00. The number of hydrogen-bond donors (Lipinski definition) is 1. The maximum Gasteiger partial charge on any atom is 0.181 e. The molecule has 0 fully saturated rings. The van der Waals surface area contributed by atoms with Gasteiger partial charge in [-0.3, -0.25) is 4.98 Å². The molecule has 0 atom stereocenters. The van der Waals surface area contributed by atoms with Crippen LogP contribution >= 0.6 is 23.1 Å². The Morgan fingerprint density at radius 3 is 3.00 bits per heavy atom. The molecule has 0 aliphatic heterocycles. The van der Waals surface area contributed by atoms with Crippen molar-refractivity contribution in [3.8, 4) is 0 Å². The Labute approximate surface area is 103 Å². The molecule has 2 heterocycles. The molecule has 0 unspecified atom stereocenters. The molecular weight excluding hydrogens is 238 g/mol. The van der Waals surface area contributed by atoms with Crippen molar-refractivity contribution >= 4 is 28.2 Å². The highest BCUT2D eigenvalue weighted by molar-refractivity contribution is 8.01. The summed E-state index contributed by atoms with van der Waals surface area (Å²) in [6, 6.07) is 4.07. The minimum absolute atomic E-state index is 0.654. The Kier molecular flexibility index (Phi) is 3.79. The number of thiazole rings is 1. The van der Waals surface area contributed by atoms with Crippen LogP contribution < -0.4 is 5.73 Å². The maximum atomic E-state index is 5.65. The first-order valence-electron chi connectivity index (χ1n) is 5.00. The number of aryl methyl sites for hydroxylation is 2. The van der Waals surface area contributed by atoms with Crippen LogP contribution in [0.2, 0.25) is 0 Å². The summed E-state index contributed by atoms with van der Waals surface area (Å²) < 4.78 is 1.22. The van der Waals surface area contributed by atoms with Crippen LogP contribution in [0.4, 0.5) is 5.13 Å². The van der Waals surface area contributed by atoms with E-state index in [2.05, 4.69) is 16.0 Å². The Morgan fingerprint density at radius 2 is 2.38 bits per heavy atom. The Hall–Kier alpha value is -1.07. The summed E-state index contributed by atoms with van der Waals surface area (Å²) in [5.74, 6) is 1.04. The van der Waals surface area contributed by atoms with Crippen molar-refractivity contribution in [2.45, 2.75) is 17.6 Å². The van der Waals surface area contributed by atoms with Gasteiger partial charge in [0.15, 0.2) is 5.13 Å². The molecule has 16 heavy (non-hydrogen) atoms. The Balaban J connectivity index is 1.87. The van der Waals surface area contributed by atoms with Crippen LogP contribution in [-0.4, -0.2) is 15.7 Å². The first-order valence-corrected chi connectivity index (χ1v) is 6.80. The van der Waals surface area contributed by atoms with E-state index in [4.69, 9.17) is 5.73 Å². The highest BCUT2D eigenvalue weighted by Gasteiger charge is 2.05. The van der Waals surface area contributed by atoms with Crippen molar-refractivity contribution < 1.29 is 0 Å². The van der Waals surface area contributed by atoms with Crippen LogP contribution in [0.1, 0.15) is 11.3 Å². The van der Waals surface area contributed by atoms with Crippen LogP contribution in [0, 0.1) is 6.92 Å². The first-order chi connectivity index (χ1) is 7.75. The molecule has 2 N–H and O–H groups in total. The van der Waals surface area contributed by atoms with Crippen molar-refractivity contribution in [2.24, 2.45) is 0 Å². The van der Waals surface area contributed by atoms with E-state index < -0.39 is 0 Å². The second kappa shape index (κ2) is 5.32. The fraction of sp³-hybridized carbons (Fsp3) is 0.273. The standard InChI is InChI=1S/C11H13N3S2/c1-8-10(16-11(12)14-8)15-6-4-9-3-2-5-13-7-9/h2-3,5,7H,4,6H2,1H3,(H2,12,14). The van der Waals surface area contributed by atoms with Gasteiger partial charge in [-0.1, -0.05) is 17.4 Å². The zero-order valence-electron chi connectivity index (χ0n) is 9.01. The Bertz CT molecular complexity index is 454. The van der Waals surface area contributed by atoms with E-state index in [-0.39, 0.29) is 0 Å². The quantitative estimate of drug-likeness (QED) is 0.849. The number of hydrogen-bond acceptors (Lipinski definition) is 5. The first kappa shape index (κ1) is 11.4. The number of pyridine rings is 1. The average molecular weight is 251 g/mol. The molecule has 0 saturated heterocycles. The average Bonchev–Trinajstić information content (AvgIpc) is 2.59. The van der Waals surface area contributed by atoms with E-state index in [1.807, 2.05) is 30.9 Å². The zero-order valence-corrected chi connectivity index (χ0v) is 10.6. The molecular formula is C11H13N3S2. The van der Waals surface area contributed by atoms with E-state index >= 15 is 0 Å². The molecule has 0 bridgehead atoms. The lowest BCUT2D eigenvalue weighted by molar-refractivity contribution is 1.11. The summed E-state index contributed by atoms with van der Waals surface area (Å²) in [5.41, 5.74) is 7.96. The van der Waals surface area contributed by atoms with Gasteiger partial charge in [-0.25, -0.2) is 4.98 Å². The minimum atomic E-state index is 0.654. The van der Waals surface area contributed by atoms with Crippen molar-refractivity contribution in [3.05, 3.63) is 35.8 Å². The molecule has 0 aromatic carbocycles. The second-order valence-corrected chi connectivity index (χ2v) is 5.78. The summed E-state index contributed by atoms with van der Waals surface area (Å²) in [5, 5.41) is 0.654. The van der Waals surface area contributed by atoms with E-state index in [9.17, 15) is 0 Å². The summed E-state index contributed by atoms with van der Waals surface area (Å²) in [4.78, 5) is 8.29. The third kappa shape index (κ3) is 2.96. The summed E-state index contributed by atoms with van der Waals surface area (Å²) in [7, 11) is 0. The van der Waals surface area contributed by atoms with Gasteiger partial charge < -0.3 is 5.73 Å². The van der Waals surface area contributed by atoms with Gasteiger partial charge >= 0.3 is 0 Å². The zero-order chi connectivity index (χ0) is 11.4. The molecule has 0 saturated carbocycles. The van der Waals surface area contributed by atoms with Gasteiger partial charge in [0, 0.05) is 18.1 Å². The monoisotopic (exact) mass is 251 g/mol. The summed E-state index contributed by atoms with van der Waals surface area (Å²) >= 11 is 3.37. The molecule has 84 valence electrons. The van der Waals surface area contributed by atoms with E-state index in [0.29, 0.717) is 5.13 Å². The van der Waals surface area contributed by atoms with Gasteiger partial charge in [0.05, 0.1) is 9.90 Å². The molecule has 0 aliphatic rings. The number of nitrogen functional groups attached to an aromatic ring is 1. The molecule has 2 aromatic heterocycles. The molecule has 3 nitrogen and oxygen atoms in total. The lowest BCUT2D eigenvalue weighted by Crippen LogP contribution is -1.88. The van der Waals surface area contributed by atoms with Crippen molar-refractivity contribution in [2.75, 3.05) is 11.5 Å². The topological polar surface area (TPSA) is 51.8 Å². The van der Waals surface area contributed by atoms with Crippen LogP contribution in [-0.2, 0) is 6.42 Å². The van der Waals surface area contributed by atoms with E-state index in [1.165, 1.54) is 9.77 Å². The highest BCUT2D eigenvalue weighted by atomic mass is 32.2. The van der Waals surface area contributed by atoms with Gasteiger partial charge in [-0.05, 0) is 25.0 Å². The molecule has 0 amide bonds. The Morgan fingerprint density at radius 1 is 1.50 bits per heavy atom. The second-order valence-electron chi connectivity index (χ2n) is 3.38. The van der Waals surface area contributed by atoms with Crippen molar-refractivity contribution in [3.63, 3.8) is 0 Å². The fourth-order valence-corrected chi connectivity index (χ4v) is 3.43. The van der Waals surface area contributed by atoms with Crippen LogP contribution in [0.3, 0.4) is 0 Å². The normalized spacial score (nSPS) is 10.6. The molecule has 5 heteroatoms. The van der Waals surface area contributed by atoms with Crippen LogP contribution in [0.15, 0.2) is 28.7 Å². The smallest absolute Gasteiger partial charge is 0.181 e. The van der Waals surface area contributed by atoms with Crippen LogP contribution in [0.5, 0.6) is 0 Å². The number of anilines is 1. The van der Waals surface area contributed by atoms with Gasteiger partial charge in [-0.15, -0.1) is 11.8 Å². The van der Waals surface area contributed by atoms with Gasteiger partial charge in [-0.2, -0.15) is 0 Å². The van der Waals surface area contributed by atoms with Crippen LogP contribution in [0.25, 0.3) is 0 Å². The molecule has 0 spiro atoms. The number of rotatable bonds is 4.